The molecule has 3 amide bonds. The van der Waals surface area contributed by atoms with Crippen LogP contribution in [0, 0.1) is 5.92 Å². The number of aryl methyl sites for hydroxylation is 1. The van der Waals surface area contributed by atoms with Crippen molar-refractivity contribution in [2.75, 3.05) is 19.7 Å². The number of nitrogens with one attached hydrogen (secondary N) is 1. The van der Waals surface area contributed by atoms with Crippen molar-refractivity contribution in [3.63, 3.8) is 0 Å². The number of ether oxygens (including phenoxy) is 1. The molecule has 1 aromatic rings. The summed E-state index contributed by atoms with van der Waals surface area (Å²) in [4.78, 5) is 42.3. The summed E-state index contributed by atoms with van der Waals surface area (Å²) in [5.41, 5.74) is 0.542. The van der Waals surface area contributed by atoms with Crippen LogP contribution in [0.1, 0.15) is 36.2 Å². The van der Waals surface area contributed by atoms with Gasteiger partial charge < -0.3 is 24.4 Å². The molecule has 5 rings (SSSR count). The lowest BCUT2D eigenvalue weighted by molar-refractivity contribution is -0.161. The first kappa shape index (κ1) is 17.7. The average Bonchev–Trinajstić information content (AvgIpc) is 3.05. The van der Waals surface area contributed by atoms with Crippen LogP contribution in [0.5, 0.6) is 0 Å². The molecule has 0 radical (unpaired) electrons. The zero-order valence-electron chi connectivity index (χ0n) is 16.0. The first-order valence-electron chi connectivity index (χ1n) is 10.2. The molecule has 8 heteroatoms. The molecule has 3 aliphatic heterocycles. The topological polar surface area (TPSA) is 83.9 Å². The molecule has 0 aromatic carbocycles. The SMILES string of the molecule is Cn1cccc1C(=O)NC1CCN2C(=O)C3C(OCC4CC4)CCN3C(=O)C12. The van der Waals surface area contributed by atoms with E-state index in [0.29, 0.717) is 44.1 Å². The van der Waals surface area contributed by atoms with Gasteiger partial charge in [0.25, 0.3) is 5.91 Å². The highest BCUT2D eigenvalue weighted by atomic mass is 16.5. The number of carbonyl (C=O) groups is 3. The van der Waals surface area contributed by atoms with Gasteiger partial charge in [0.2, 0.25) is 11.8 Å². The number of amides is 3. The summed E-state index contributed by atoms with van der Waals surface area (Å²) in [6, 6.07) is 2.10. The van der Waals surface area contributed by atoms with Crippen LogP contribution < -0.4 is 5.32 Å². The molecule has 1 saturated carbocycles. The van der Waals surface area contributed by atoms with Crippen molar-refractivity contribution in [3.8, 4) is 0 Å². The van der Waals surface area contributed by atoms with E-state index in [4.69, 9.17) is 4.74 Å². The Morgan fingerprint density at radius 2 is 1.82 bits per heavy atom. The molecule has 1 aromatic heterocycles. The molecule has 4 atom stereocenters. The predicted octanol–water partition coefficient (Wildman–Crippen LogP) is 0.134. The van der Waals surface area contributed by atoms with E-state index >= 15 is 0 Å². The number of piperazine rings is 1. The van der Waals surface area contributed by atoms with Gasteiger partial charge in [-0.05, 0) is 43.7 Å². The third-order valence-electron chi connectivity index (χ3n) is 6.55. The minimum absolute atomic E-state index is 0.0292. The summed E-state index contributed by atoms with van der Waals surface area (Å²) in [6.45, 7) is 1.73. The molecule has 4 unspecified atom stereocenters. The van der Waals surface area contributed by atoms with Crippen molar-refractivity contribution in [2.24, 2.45) is 13.0 Å². The van der Waals surface area contributed by atoms with E-state index in [1.165, 1.54) is 12.8 Å². The maximum atomic E-state index is 13.2. The van der Waals surface area contributed by atoms with Gasteiger partial charge in [0, 0.05) is 32.9 Å². The number of rotatable bonds is 5. The maximum absolute atomic E-state index is 13.2. The number of nitrogens with zero attached hydrogens (tertiary/aromatic N) is 3. The highest BCUT2D eigenvalue weighted by Crippen LogP contribution is 2.35. The molecular formula is C20H26N4O4. The van der Waals surface area contributed by atoms with Gasteiger partial charge in [-0.1, -0.05) is 0 Å². The first-order chi connectivity index (χ1) is 13.5. The van der Waals surface area contributed by atoms with Crippen LogP contribution in [0.25, 0.3) is 0 Å². The number of hydrogen-bond donors (Lipinski definition) is 1. The fraction of sp³-hybridized carbons (Fsp3) is 0.650. The summed E-state index contributed by atoms with van der Waals surface area (Å²) < 4.78 is 7.75. The maximum Gasteiger partial charge on any atom is 0.268 e. The predicted molar refractivity (Wildman–Crippen MR) is 99.4 cm³/mol. The average molecular weight is 386 g/mol. The third-order valence-corrected chi connectivity index (χ3v) is 6.55. The minimum Gasteiger partial charge on any atom is -0.375 e. The second-order valence-corrected chi connectivity index (χ2v) is 8.43. The van der Waals surface area contributed by atoms with Crippen molar-refractivity contribution in [2.45, 2.75) is 49.9 Å². The van der Waals surface area contributed by atoms with E-state index < -0.39 is 12.1 Å². The molecular weight excluding hydrogens is 360 g/mol. The molecule has 0 bridgehead atoms. The van der Waals surface area contributed by atoms with Crippen LogP contribution in [-0.2, 0) is 21.4 Å². The highest BCUT2D eigenvalue weighted by molar-refractivity contribution is 6.00. The summed E-state index contributed by atoms with van der Waals surface area (Å²) in [5.74, 6) is 0.323. The van der Waals surface area contributed by atoms with Crippen molar-refractivity contribution in [3.05, 3.63) is 24.0 Å². The standard InChI is InChI=1S/C20H26N4O4/c1-22-8-2-3-14(22)18(25)21-13-6-9-23-16(13)19(26)24-10-7-15(17(24)20(23)27)28-11-12-4-5-12/h2-3,8,12-13,15-17H,4-7,9-11H2,1H3,(H,21,25). The normalized spacial score (nSPS) is 31.9. The second-order valence-electron chi connectivity index (χ2n) is 8.43. The van der Waals surface area contributed by atoms with E-state index in [2.05, 4.69) is 5.32 Å². The lowest BCUT2D eigenvalue weighted by atomic mass is 10.0. The smallest absolute Gasteiger partial charge is 0.268 e. The van der Waals surface area contributed by atoms with Crippen LogP contribution in [0.4, 0.5) is 0 Å². The van der Waals surface area contributed by atoms with Crippen LogP contribution in [0.3, 0.4) is 0 Å². The van der Waals surface area contributed by atoms with Gasteiger partial charge in [0.1, 0.15) is 17.8 Å². The van der Waals surface area contributed by atoms with Crippen molar-refractivity contribution in [1.82, 2.24) is 19.7 Å². The minimum atomic E-state index is -0.602. The third kappa shape index (κ3) is 2.82. The van der Waals surface area contributed by atoms with Crippen molar-refractivity contribution >= 4 is 17.7 Å². The van der Waals surface area contributed by atoms with E-state index in [1.54, 1.807) is 20.4 Å². The van der Waals surface area contributed by atoms with E-state index in [1.807, 2.05) is 19.3 Å². The molecule has 8 nitrogen and oxygen atoms in total. The Kier molecular flexibility index (Phi) is 4.19. The van der Waals surface area contributed by atoms with Gasteiger partial charge in [-0.15, -0.1) is 0 Å². The Morgan fingerprint density at radius 1 is 1.11 bits per heavy atom. The van der Waals surface area contributed by atoms with Crippen molar-refractivity contribution < 1.29 is 19.1 Å². The molecule has 4 fully saturated rings. The van der Waals surface area contributed by atoms with Crippen LogP contribution >= 0.6 is 0 Å². The second kappa shape index (κ2) is 6.62. The van der Waals surface area contributed by atoms with Gasteiger partial charge in [0.15, 0.2) is 0 Å². The van der Waals surface area contributed by atoms with Gasteiger partial charge in [-0.2, -0.15) is 0 Å². The largest absolute Gasteiger partial charge is 0.375 e. The zero-order chi connectivity index (χ0) is 19.4. The molecule has 28 heavy (non-hydrogen) atoms. The molecule has 0 spiro atoms. The summed E-state index contributed by atoms with van der Waals surface area (Å²) in [6.07, 6.45) is 5.30. The molecule has 4 aliphatic rings. The first-order valence-corrected chi connectivity index (χ1v) is 10.2. The van der Waals surface area contributed by atoms with Crippen LogP contribution in [-0.4, -0.2) is 76.0 Å². The molecule has 1 N–H and O–H groups in total. The molecule has 1 aliphatic carbocycles. The molecule has 4 heterocycles. The van der Waals surface area contributed by atoms with E-state index in [0.717, 1.165) is 0 Å². The number of fused-ring (bicyclic) bond motifs is 2. The number of aromatic nitrogens is 1. The number of hydrogen-bond acceptors (Lipinski definition) is 4. The Hall–Kier alpha value is -2.35. The van der Waals surface area contributed by atoms with Crippen molar-refractivity contribution in [1.29, 1.82) is 0 Å². The summed E-state index contributed by atoms with van der Waals surface area (Å²) in [5, 5.41) is 2.98. The van der Waals surface area contributed by atoms with Crippen LogP contribution in [0.15, 0.2) is 18.3 Å². The van der Waals surface area contributed by atoms with Gasteiger partial charge in [0.05, 0.1) is 12.1 Å². The lowest BCUT2D eigenvalue weighted by Crippen LogP contribution is -2.66. The summed E-state index contributed by atoms with van der Waals surface area (Å²) >= 11 is 0. The Morgan fingerprint density at radius 3 is 2.54 bits per heavy atom. The number of carbonyl (C=O) groups excluding carboxylic acids is 3. The zero-order valence-corrected chi connectivity index (χ0v) is 16.0. The van der Waals surface area contributed by atoms with Crippen LogP contribution in [0.2, 0.25) is 0 Å². The van der Waals surface area contributed by atoms with Gasteiger partial charge in [-0.3, -0.25) is 14.4 Å². The lowest BCUT2D eigenvalue weighted by Gasteiger charge is -2.41. The Labute approximate surface area is 163 Å². The summed E-state index contributed by atoms with van der Waals surface area (Å²) in [7, 11) is 1.81. The molecule has 150 valence electrons. The molecule has 3 saturated heterocycles. The quantitative estimate of drug-likeness (QED) is 0.780. The highest BCUT2D eigenvalue weighted by Gasteiger charge is 2.56. The fourth-order valence-corrected chi connectivity index (χ4v) is 4.80. The van der Waals surface area contributed by atoms with E-state index in [9.17, 15) is 14.4 Å². The fourth-order valence-electron chi connectivity index (χ4n) is 4.80. The van der Waals surface area contributed by atoms with Gasteiger partial charge in [-0.25, -0.2) is 0 Å². The van der Waals surface area contributed by atoms with Gasteiger partial charge >= 0.3 is 0 Å². The Bertz CT molecular complexity index is 817. The van der Waals surface area contributed by atoms with E-state index in [-0.39, 0.29) is 29.9 Å². The Balaban J connectivity index is 1.31. The monoisotopic (exact) mass is 386 g/mol.